The van der Waals surface area contributed by atoms with Crippen molar-refractivity contribution < 1.29 is 4.92 Å². The van der Waals surface area contributed by atoms with Gasteiger partial charge < -0.3 is 5.32 Å². The van der Waals surface area contributed by atoms with Crippen LogP contribution in [0.4, 0.5) is 5.69 Å². The van der Waals surface area contributed by atoms with Gasteiger partial charge in [0.25, 0.3) is 5.69 Å². The molecule has 1 N–H and O–H groups in total. The van der Waals surface area contributed by atoms with E-state index in [9.17, 15) is 10.1 Å². The molecular weight excluding hydrogens is 192 g/mol. The molecule has 1 unspecified atom stereocenters. The highest BCUT2D eigenvalue weighted by Crippen LogP contribution is 2.25. The van der Waals surface area contributed by atoms with Crippen LogP contribution in [-0.2, 0) is 0 Å². The molecule has 0 bridgehead atoms. The zero-order valence-electron chi connectivity index (χ0n) is 8.64. The molecule has 0 amide bonds. The predicted octanol–water partition coefficient (Wildman–Crippen LogP) is 2.41. The lowest BCUT2D eigenvalue weighted by atomic mass is 10.1. The number of nitro benzene ring substituents is 1. The van der Waals surface area contributed by atoms with Gasteiger partial charge in [-0.15, -0.1) is 0 Å². The Labute approximate surface area is 88.5 Å². The molecule has 1 fully saturated rings. The normalized spacial score (nSPS) is 17.4. The van der Waals surface area contributed by atoms with E-state index in [1.165, 1.54) is 18.9 Å². The van der Waals surface area contributed by atoms with Gasteiger partial charge in [0.05, 0.1) is 4.92 Å². The number of rotatable bonds is 4. The van der Waals surface area contributed by atoms with Gasteiger partial charge in [-0.3, -0.25) is 10.1 Å². The lowest BCUT2D eigenvalue weighted by molar-refractivity contribution is -0.384. The minimum absolute atomic E-state index is 0.164. The van der Waals surface area contributed by atoms with Crippen LogP contribution in [0.5, 0.6) is 0 Å². The van der Waals surface area contributed by atoms with Crippen LogP contribution in [0.15, 0.2) is 24.3 Å². The molecule has 1 saturated carbocycles. The highest BCUT2D eigenvalue weighted by molar-refractivity contribution is 5.35. The Bertz CT molecular complexity index is 375. The Hall–Kier alpha value is -1.42. The second-order valence-corrected chi connectivity index (χ2v) is 4.01. The Balaban J connectivity index is 2.11. The summed E-state index contributed by atoms with van der Waals surface area (Å²) >= 11 is 0. The SMILES string of the molecule is CC(NC1CC1)c1cccc([N+](=O)[O-])c1. The number of nitrogens with one attached hydrogen (secondary N) is 1. The van der Waals surface area contributed by atoms with Crippen molar-refractivity contribution in [1.82, 2.24) is 5.32 Å². The summed E-state index contributed by atoms with van der Waals surface area (Å²) in [7, 11) is 0. The van der Waals surface area contributed by atoms with Crippen molar-refractivity contribution in [3.63, 3.8) is 0 Å². The highest BCUT2D eigenvalue weighted by atomic mass is 16.6. The fourth-order valence-corrected chi connectivity index (χ4v) is 1.61. The van der Waals surface area contributed by atoms with E-state index in [0.29, 0.717) is 6.04 Å². The zero-order chi connectivity index (χ0) is 10.8. The van der Waals surface area contributed by atoms with Crippen molar-refractivity contribution in [1.29, 1.82) is 0 Å². The summed E-state index contributed by atoms with van der Waals surface area (Å²) in [5.74, 6) is 0. The second-order valence-electron chi connectivity index (χ2n) is 4.01. The average Bonchev–Trinajstić information content (AvgIpc) is 3.02. The van der Waals surface area contributed by atoms with E-state index in [4.69, 9.17) is 0 Å². The molecule has 0 saturated heterocycles. The molecule has 1 aliphatic rings. The quantitative estimate of drug-likeness (QED) is 0.608. The molecule has 4 heteroatoms. The smallest absolute Gasteiger partial charge is 0.269 e. The van der Waals surface area contributed by atoms with Crippen LogP contribution in [0.2, 0.25) is 0 Å². The summed E-state index contributed by atoms with van der Waals surface area (Å²) in [5, 5.41) is 14.0. The first-order valence-electron chi connectivity index (χ1n) is 5.17. The molecule has 0 aromatic heterocycles. The number of hydrogen-bond acceptors (Lipinski definition) is 3. The molecule has 15 heavy (non-hydrogen) atoms. The number of benzene rings is 1. The van der Waals surface area contributed by atoms with Gasteiger partial charge in [0.2, 0.25) is 0 Å². The van der Waals surface area contributed by atoms with Gasteiger partial charge in [-0.2, -0.15) is 0 Å². The molecule has 0 radical (unpaired) electrons. The molecule has 1 atom stereocenters. The number of non-ortho nitro benzene ring substituents is 1. The fraction of sp³-hybridized carbons (Fsp3) is 0.455. The van der Waals surface area contributed by atoms with Gasteiger partial charge in [0.1, 0.15) is 0 Å². The van der Waals surface area contributed by atoms with Gasteiger partial charge in [0, 0.05) is 24.2 Å². The summed E-state index contributed by atoms with van der Waals surface area (Å²) in [6.07, 6.45) is 2.44. The molecule has 80 valence electrons. The third-order valence-electron chi connectivity index (χ3n) is 2.64. The lowest BCUT2D eigenvalue weighted by Crippen LogP contribution is -2.20. The maximum atomic E-state index is 10.6. The van der Waals surface area contributed by atoms with E-state index in [1.807, 2.05) is 13.0 Å². The van der Waals surface area contributed by atoms with Crippen LogP contribution >= 0.6 is 0 Å². The van der Waals surface area contributed by atoms with Crippen molar-refractivity contribution in [3.05, 3.63) is 39.9 Å². The van der Waals surface area contributed by atoms with Crippen LogP contribution in [0.3, 0.4) is 0 Å². The van der Waals surface area contributed by atoms with Crippen LogP contribution < -0.4 is 5.32 Å². The first-order valence-corrected chi connectivity index (χ1v) is 5.17. The minimum Gasteiger partial charge on any atom is -0.307 e. The topological polar surface area (TPSA) is 55.2 Å². The van der Waals surface area contributed by atoms with Crippen molar-refractivity contribution in [3.8, 4) is 0 Å². The van der Waals surface area contributed by atoms with Gasteiger partial charge in [-0.25, -0.2) is 0 Å². The average molecular weight is 206 g/mol. The second kappa shape index (κ2) is 3.98. The van der Waals surface area contributed by atoms with Gasteiger partial charge in [-0.05, 0) is 25.3 Å². The maximum absolute atomic E-state index is 10.6. The van der Waals surface area contributed by atoms with E-state index in [1.54, 1.807) is 12.1 Å². The van der Waals surface area contributed by atoms with E-state index >= 15 is 0 Å². The first kappa shape index (κ1) is 10.1. The third kappa shape index (κ3) is 2.53. The van der Waals surface area contributed by atoms with Crippen LogP contribution in [0, 0.1) is 10.1 Å². The minimum atomic E-state index is -0.354. The monoisotopic (exact) mass is 206 g/mol. The van der Waals surface area contributed by atoms with Crippen molar-refractivity contribution in [2.24, 2.45) is 0 Å². The van der Waals surface area contributed by atoms with Crippen molar-refractivity contribution in [2.45, 2.75) is 31.8 Å². The summed E-state index contributed by atoms with van der Waals surface area (Å²) in [6.45, 7) is 2.04. The number of nitrogens with zero attached hydrogens (tertiary/aromatic N) is 1. The summed E-state index contributed by atoms with van der Waals surface area (Å²) in [4.78, 5) is 10.2. The van der Waals surface area contributed by atoms with Crippen LogP contribution in [-0.4, -0.2) is 11.0 Å². The molecule has 1 aromatic rings. The van der Waals surface area contributed by atoms with Crippen molar-refractivity contribution >= 4 is 5.69 Å². The van der Waals surface area contributed by atoms with Crippen molar-refractivity contribution in [2.75, 3.05) is 0 Å². The number of hydrogen-bond donors (Lipinski definition) is 1. The van der Waals surface area contributed by atoms with Crippen LogP contribution in [0.1, 0.15) is 31.4 Å². The fourth-order valence-electron chi connectivity index (χ4n) is 1.61. The van der Waals surface area contributed by atoms with E-state index < -0.39 is 0 Å². The molecular formula is C11H14N2O2. The Morgan fingerprint density at radius 2 is 2.27 bits per heavy atom. The molecule has 1 aliphatic carbocycles. The lowest BCUT2D eigenvalue weighted by Gasteiger charge is -2.12. The predicted molar refractivity (Wildman–Crippen MR) is 57.7 cm³/mol. The van der Waals surface area contributed by atoms with E-state index in [-0.39, 0.29) is 16.7 Å². The Morgan fingerprint density at radius 1 is 1.53 bits per heavy atom. The summed E-state index contributed by atoms with van der Waals surface area (Å²) in [5.41, 5.74) is 1.15. The van der Waals surface area contributed by atoms with Gasteiger partial charge >= 0.3 is 0 Å². The Morgan fingerprint density at radius 3 is 2.87 bits per heavy atom. The zero-order valence-corrected chi connectivity index (χ0v) is 8.64. The standard InChI is InChI=1S/C11H14N2O2/c1-8(12-10-5-6-10)9-3-2-4-11(7-9)13(14)15/h2-4,7-8,10,12H,5-6H2,1H3. The van der Waals surface area contributed by atoms with Gasteiger partial charge in [-0.1, -0.05) is 12.1 Å². The molecule has 4 nitrogen and oxygen atoms in total. The largest absolute Gasteiger partial charge is 0.307 e. The molecule has 0 aliphatic heterocycles. The molecule has 0 heterocycles. The molecule has 0 spiro atoms. The molecule has 2 rings (SSSR count). The summed E-state index contributed by atoms with van der Waals surface area (Å²) < 4.78 is 0. The third-order valence-corrected chi connectivity index (χ3v) is 2.64. The first-order chi connectivity index (χ1) is 7.16. The highest BCUT2D eigenvalue weighted by Gasteiger charge is 2.23. The van der Waals surface area contributed by atoms with E-state index in [0.717, 1.165) is 5.56 Å². The van der Waals surface area contributed by atoms with Crippen LogP contribution in [0.25, 0.3) is 0 Å². The summed E-state index contributed by atoms with van der Waals surface area (Å²) in [6, 6.07) is 7.62. The number of nitro groups is 1. The van der Waals surface area contributed by atoms with Gasteiger partial charge in [0.15, 0.2) is 0 Å². The molecule has 1 aromatic carbocycles. The van der Waals surface area contributed by atoms with E-state index in [2.05, 4.69) is 5.32 Å². The maximum Gasteiger partial charge on any atom is 0.269 e. The Kier molecular flexibility index (Phi) is 2.68.